The molecule has 0 unspecified atom stereocenters. The second-order valence-electron chi connectivity index (χ2n) is 8.38. The number of hydrogen-bond donors (Lipinski definition) is 5. The van der Waals surface area contributed by atoms with Crippen LogP contribution in [-0.4, -0.2) is 16.9 Å². The smallest absolute Gasteiger partial charge is 0.362 e. The van der Waals surface area contributed by atoms with Gasteiger partial charge in [-0.3, -0.25) is 4.79 Å². The Morgan fingerprint density at radius 1 is 0.868 bits per heavy atom. The summed E-state index contributed by atoms with van der Waals surface area (Å²) in [6.07, 6.45) is -1.06. The number of carbonyl (C=O) groups is 2. The number of halogens is 4. The van der Waals surface area contributed by atoms with Gasteiger partial charge in [0.1, 0.15) is 5.82 Å². The standard InChI is InChI=1S/C27H19F4N5O2/c28-22-9-7-19(14-24(22)36-26(38)34-17-4-1-3-15(11-17)27(29,30)31)33-18-6-8-20-21(12-16-5-2-10-32-16)25(37)35-23(20)13-18/h1-14,32-33H,(H,35,37)(H2,34,36,38)/b21-12+. The summed E-state index contributed by atoms with van der Waals surface area (Å²) in [4.78, 5) is 27.8. The van der Waals surface area contributed by atoms with Crippen molar-refractivity contribution in [3.63, 3.8) is 0 Å². The van der Waals surface area contributed by atoms with Crippen molar-refractivity contribution in [2.75, 3.05) is 21.3 Å². The van der Waals surface area contributed by atoms with E-state index in [1.807, 2.05) is 12.1 Å². The Balaban J connectivity index is 1.29. The number of H-pyrrole nitrogens is 1. The third kappa shape index (κ3) is 5.36. The first kappa shape index (κ1) is 24.6. The third-order valence-electron chi connectivity index (χ3n) is 5.68. The highest BCUT2D eigenvalue weighted by Crippen LogP contribution is 2.36. The Morgan fingerprint density at radius 3 is 2.42 bits per heavy atom. The summed E-state index contributed by atoms with van der Waals surface area (Å²) in [5.74, 6) is -0.984. The van der Waals surface area contributed by atoms with E-state index in [9.17, 15) is 27.2 Å². The van der Waals surface area contributed by atoms with Crippen LogP contribution in [-0.2, 0) is 11.0 Å². The van der Waals surface area contributed by atoms with Gasteiger partial charge < -0.3 is 26.3 Å². The highest BCUT2D eigenvalue weighted by molar-refractivity contribution is 6.35. The molecule has 0 spiro atoms. The van der Waals surface area contributed by atoms with Gasteiger partial charge in [-0.1, -0.05) is 12.1 Å². The predicted molar refractivity (Wildman–Crippen MR) is 138 cm³/mol. The number of rotatable bonds is 5. The van der Waals surface area contributed by atoms with Crippen LogP contribution in [0.3, 0.4) is 0 Å². The van der Waals surface area contributed by atoms with Crippen LogP contribution >= 0.6 is 0 Å². The van der Waals surface area contributed by atoms with Crippen LogP contribution in [0.5, 0.6) is 0 Å². The fourth-order valence-electron chi connectivity index (χ4n) is 3.93. The fraction of sp³-hybridized carbons (Fsp3) is 0.0370. The Kier molecular flexibility index (Phi) is 6.33. The summed E-state index contributed by atoms with van der Waals surface area (Å²) in [7, 11) is 0. The maximum absolute atomic E-state index is 14.4. The lowest BCUT2D eigenvalue weighted by Crippen LogP contribution is -2.20. The van der Waals surface area contributed by atoms with E-state index in [4.69, 9.17) is 0 Å². The molecule has 0 fully saturated rings. The molecule has 0 saturated heterocycles. The van der Waals surface area contributed by atoms with Gasteiger partial charge in [0.15, 0.2) is 0 Å². The molecule has 1 aromatic heterocycles. The molecule has 192 valence electrons. The predicted octanol–water partition coefficient (Wildman–Crippen LogP) is 7.05. The van der Waals surface area contributed by atoms with Crippen LogP contribution < -0.4 is 21.3 Å². The third-order valence-corrected chi connectivity index (χ3v) is 5.68. The molecule has 0 radical (unpaired) electrons. The van der Waals surface area contributed by atoms with Crippen molar-refractivity contribution in [1.82, 2.24) is 4.98 Å². The minimum absolute atomic E-state index is 0.100. The molecular formula is C27H19F4N5O2. The first-order chi connectivity index (χ1) is 18.2. The van der Waals surface area contributed by atoms with Gasteiger partial charge in [-0.2, -0.15) is 13.2 Å². The Hall–Kier alpha value is -5.06. The van der Waals surface area contributed by atoms with E-state index in [0.29, 0.717) is 22.6 Å². The normalized spacial score (nSPS) is 13.7. The lowest BCUT2D eigenvalue weighted by atomic mass is 10.1. The second-order valence-corrected chi connectivity index (χ2v) is 8.38. The van der Waals surface area contributed by atoms with Crippen molar-refractivity contribution in [2.24, 2.45) is 0 Å². The zero-order chi connectivity index (χ0) is 26.9. The Bertz CT molecular complexity index is 1560. The van der Waals surface area contributed by atoms with Crippen LogP contribution in [0.4, 0.5) is 50.8 Å². The van der Waals surface area contributed by atoms with E-state index in [1.54, 1.807) is 30.5 Å². The highest BCUT2D eigenvalue weighted by Gasteiger charge is 2.30. The summed E-state index contributed by atoms with van der Waals surface area (Å²) in [6, 6.07) is 16.0. The maximum Gasteiger partial charge on any atom is 0.416 e. The SMILES string of the molecule is O=C(Nc1cccc(C(F)(F)F)c1)Nc1cc(Nc2ccc3c(c2)NC(=O)/C3=C/c2ccc[nH]2)ccc1F. The first-order valence-corrected chi connectivity index (χ1v) is 11.3. The van der Waals surface area contributed by atoms with Gasteiger partial charge in [-0.05, 0) is 66.7 Å². The summed E-state index contributed by atoms with van der Waals surface area (Å²) in [5.41, 5.74) is 2.42. The molecule has 38 heavy (non-hydrogen) atoms. The molecule has 1 aliphatic heterocycles. The minimum Gasteiger partial charge on any atom is -0.362 e. The number of hydrogen-bond acceptors (Lipinski definition) is 3. The van der Waals surface area contributed by atoms with Crippen molar-refractivity contribution in [2.45, 2.75) is 6.18 Å². The summed E-state index contributed by atoms with van der Waals surface area (Å²) >= 11 is 0. The number of urea groups is 1. The van der Waals surface area contributed by atoms with Gasteiger partial charge in [-0.15, -0.1) is 0 Å². The van der Waals surface area contributed by atoms with E-state index in [1.165, 1.54) is 18.2 Å². The van der Waals surface area contributed by atoms with Crippen LogP contribution in [0.1, 0.15) is 16.8 Å². The average molecular weight is 521 g/mol. The molecule has 0 saturated carbocycles. The van der Waals surface area contributed by atoms with Crippen LogP contribution in [0.15, 0.2) is 79.0 Å². The number of aromatic nitrogens is 1. The van der Waals surface area contributed by atoms with Crippen molar-refractivity contribution >= 4 is 52.0 Å². The molecule has 2 heterocycles. The van der Waals surface area contributed by atoms with E-state index >= 15 is 0 Å². The highest BCUT2D eigenvalue weighted by atomic mass is 19.4. The molecule has 4 aromatic rings. The Morgan fingerprint density at radius 2 is 1.66 bits per heavy atom. The molecular weight excluding hydrogens is 502 g/mol. The molecule has 0 bridgehead atoms. The topological polar surface area (TPSA) is 98.0 Å². The van der Waals surface area contributed by atoms with Crippen LogP contribution in [0, 0.1) is 5.82 Å². The molecule has 7 nitrogen and oxygen atoms in total. The van der Waals surface area contributed by atoms with Gasteiger partial charge in [-0.25, -0.2) is 9.18 Å². The van der Waals surface area contributed by atoms with Gasteiger partial charge in [0.25, 0.3) is 5.91 Å². The lowest BCUT2D eigenvalue weighted by Gasteiger charge is -2.13. The number of anilines is 5. The number of alkyl halides is 3. The van der Waals surface area contributed by atoms with Crippen molar-refractivity contribution in [3.8, 4) is 0 Å². The zero-order valence-electron chi connectivity index (χ0n) is 19.4. The molecule has 0 atom stereocenters. The monoisotopic (exact) mass is 521 g/mol. The molecule has 0 aliphatic carbocycles. The largest absolute Gasteiger partial charge is 0.416 e. The molecule has 3 aromatic carbocycles. The molecule has 5 N–H and O–H groups in total. The molecule has 5 rings (SSSR count). The van der Waals surface area contributed by atoms with Crippen LogP contribution in [0.25, 0.3) is 11.6 Å². The summed E-state index contributed by atoms with van der Waals surface area (Å²) in [6.45, 7) is 0. The summed E-state index contributed by atoms with van der Waals surface area (Å²) in [5, 5.41) is 10.5. The van der Waals surface area contributed by atoms with E-state index in [0.717, 1.165) is 35.5 Å². The molecule has 11 heteroatoms. The number of benzene rings is 3. The maximum atomic E-state index is 14.4. The van der Waals surface area contributed by atoms with E-state index in [-0.39, 0.29) is 17.3 Å². The molecule has 1 aliphatic rings. The number of nitrogens with one attached hydrogen (secondary N) is 5. The van der Waals surface area contributed by atoms with Crippen molar-refractivity contribution < 1.29 is 27.2 Å². The fourth-order valence-corrected chi connectivity index (χ4v) is 3.93. The van der Waals surface area contributed by atoms with Gasteiger partial charge in [0.2, 0.25) is 0 Å². The van der Waals surface area contributed by atoms with E-state index in [2.05, 4.69) is 26.3 Å². The second kappa shape index (κ2) is 9.77. The number of carbonyl (C=O) groups excluding carboxylic acids is 2. The number of amides is 3. The van der Waals surface area contributed by atoms with Gasteiger partial charge in [0.05, 0.1) is 22.5 Å². The van der Waals surface area contributed by atoms with Crippen molar-refractivity contribution in [1.29, 1.82) is 0 Å². The van der Waals surface area contributed by atoms with Crippen molar-refractivity contribution in [3.05, 3.63) is 102 Å². The van der Waals surface area contributed by atoms with Crippen LogP contribution in [0.2, 0.25) is 0 Å². The van der Waals surface area contributed by atoms with Gasteiger partial charge >= 0.3 is 12.2 Å². The average Bonchev–Trinajstić information content (AvgIpc) is 3.48. The summed E-state index contributed by atoms with van der Waals surface area (Å²) < 4.78 is 53.1. The minimum atomic E-state index is -4.57. The number of fused-ring (bicyclic) bond motifs is 1. The van der Waals surface area contributed by atoms with E-state index < -0.39 is 23.6 Å². The quantitative estimate of drug-likeness (QED) is 0.144. The first-order valence-electron chi connectivity index (χ1n) is 11.3. The lowest BCUT2D eigenvalue weighted by molar-refractivity contribution is -0.137. The Labute approximate surface area is 213 Å². The zero-order valence-corrected chi connectivity index (χ0v) is 19.4. The molecule has 3 amide bonds. The number of aromatic amines is 1. The van der Waals surface area contributed by atoms with Gasteiger partial charge in [0, 0.05) is 34.5 Å².